The van der Waals surface area contributed by atoms with Crippen LogP contribution in [0.1, 0.15) is 0 Å². The number of benzene rings is 4. The van der Waals surface area contributed by atoms with Gasteiger partial charge in [0.15, 0.2) is 0 Å². The third-order valence-corrected chi connectivity index (χ3v) is 6.28. The summed E-state index contributed by atoms with van der Waals surface area (Å²) in [7, 11) is 0. The smallest absolute Gasteiger partial charge is 0.143 e. The maximum Gasteiger partial charge on any atom is 0.143 e. The normalized spacial score (nSPS) is 12.2. The zero-order valence-electron chi connectivity index (χ0n) is 13.0. The average molecular weight is 359 g/mol. The fraction of sp³-hybridized carbons (Fsp3) is 0. The highest BCUT2D eigenvalue weighted by molar-refractivity contribution is 7.26. The van der Waals surface area contributed by atoms with Crippen molar-refractivity contribution < 1.29 is 4.42 Å². The van der Waals surface area contributed by atoms with Crippen LogP contribution in [0.3, 0.4) is 0 Å². The number of thiophene rings is 1. The molecule has 0 saturated heterocycles. The SMILES string of the molecule is Clc1ccc2c(c1)sc1ccc3oc4c5ccccc5ccc4c3c12. The number of fused-ring (bicyclic) bond motifs is 9. The third kappa shape index (κ3) is 1.78. The first-order valence-corrected chi connectivity index (χ1v) is 9.34. The Labute approximate surface area is 152 Å². The van der Waals surface area contributed by atoms with Gasteiger partial charge in [-0.05, 0) is 35.7 Å². The summed E-state index contributed by atoms with van der Waals surface area (Å²) in [5.41, 5.74) is 1.91. The van der Waals surface area contributed by atoms with E-state index in [-0.39, 0.29) is 0 Å². The Bertz CT molecular complexity index is 1460. The predicted octanol–water partition coefficient (Wildman–Crippen LogP) is 7.76. The van der Waals surface area contributed by atoms with Crippen LogP contribution in [0, 0.1) is 0 Å². The molecule has 0 aliphatic carbocycles. The maximum atomic E-state index is 6.29. The van der Waals surface area contributed by atoms with Crippen LogP contribution >= 0.6 is 22.9 Å². The van der Waals surface area contributed by atoms with Gasteiger partial charge in [0.05, 0.1) is 0 Å². The molecule has 0 unspecified atom stereocenters. The molecule has 0 aliphatic rings. The fourth-order valence-electron chi connectivity index (χ4n) is 3.83. The largest absolute Gasteiger partial charge is 0.455 e. The van der Waals surface area contributed by atoms with Crippen LogP contribution in [0.5, 0.6) is 0 Å². The molecule has 0 aliphatic heterocycles. The van der Waals surface area contributed by atoms with Crippen LogP contribution in [0.15, 0.2) is 71.1 Å². The first kappa shape index (κ1) is 13.7. The Morgan fingerprint density at radius 3 is 2.56 bits per heavy atom. The number of halogens is 1. The highest BCUT2D eigenvalue weighted by atomic mass is 35.5. The quantitative estimate of drug-likeness (QED) is 0.270. The lowest BCUT2D eigenvalue weighted by atomic mass is 10.0. The summed E-state index contributed by atoms with van der Waals surface area (Å²) in [4.78, 5) is 0. The molecular weight excluding hydrogens is 348 g/mol. The van der Waals surface area contributed by atoms with E-state index in [2.05, 4.69) is 54.6 Å². The van der Waals surface area contributed by atoms with E-state index < -0.39 is 0 Å². The topological polar surface area (TPSA) is 13.1 Å². The molecule has 0 spiro atoms. The number of hydrogen-bond donors (Lipinski definition) is 0. The molecule has 3 heteroatoms. The lowest BCUT2D eigenvalue weighted by Crippen LogP contribution is -1.73. The summed E-state index contributed by atoms with van der Waals surface area (Å²) in [5, 5.41) is 8.02. The minimum atomic E-state index is 0.776. The van der Waals surface area contributed by atoms with Crippen LogP contribution in [0.25, 0.3) is 52.9 Å². The van der Waals surface area contributed by atoms with Crippen LogP contribution < -0.4 is 0 Å². The average Bonchev–Trinajstić information content (AvgIpc) is 3.18. The van der Waals surface area contributed by atoms with Gasteiger partial charge in [-0.15, -0.1) is 11.3 Å². The molecule has 2 heterocycles. The molecule has 25 heavy (non-hydrogen) atoms. The third-order valence-electron chi connectivity index (χ3n) is 4.92. The van der Waals surface area contributed by atoms with Crippen LogP contribution in [0.2, 0.25) is 5.02 Å². The van der Waals surface area contributed by atoms with Gasteiger partial charge in [0.1, 0.15) is 11.2 Å². The second kappa shape index (κ2) is 4.75. The lowest BCUT2D eigenvalue weighted by Gasteiger charge is -1.98. The van der Waals surface area contributed by atoms with Gasteiger partial charge >= 0.3 is 0 Å². The Morgan fingerprint density at radius 2 is 1.60 bits per heavy atom. The molecular formula is C22H11ClOS. The zero-order chi connectivity index (χ0) is 16.5. The molecule has 0 N–H and O–H groups in total. The number of hydrogen-bond acceptors (Lipinski definition) is 2. The fourth-order valence-corrected chi connectivity index (χ4v) is 5.22. The van der Waals surface area contributed by atoms with Gasteiger partial charge in [-0.25, -0.2) is 0 Å². The van der Waals surface area contributed by atoms with Gasteiger partial charge in [0, 0.05) is 41.4 Å². The van der Waals surface area contributed by atoms with Crippen LogP contribution in [0.4, 0.5) is 0 Å². The zero-order valence-corrected chi connectivity index (χ0v) is 14.6. The molecule has 6 aromatic rings. The monoisotopic (exact) mass is 358 g/mol. The van der Waals surface area contributed by atoms with E-state index in [9.17, 15) is 0 Å². The lowest BCUT2D eigenvalue weighted by molar-refractivity contribution is 0.673. The summed E-state index contributed by atoms with van der Waals surface area (Å²) >= 11 is 7.97. The van der Waals surface area contributed by atoms with Crippen molar-refractivity contribution in [3.63, 3.8) is 0 Å². The van der Waals surface area contributed by atoms with E-state index in [1.807, 2.05) is 12.1 Å². The van der Waals surface area contributed by atoms with E-state index in [1.54, 1.807) is 11.3 Å². The summed E-state index contributed by atoms with van der Waals surface area (Å²) in [6.07, 6.45) is 0. The van der Waals surface area contributed by atoms with Crippen LogP contribution in [-0.4, -0.2) is 0 Å². The van der Waals surface area contributed by atoms with Gasteiger partial charge in [-0.2, -0.15) is 0 Å². The van der Waals surface area contributed by atoms with Gasteiger partial charge < -0.3 is 4.42 Å². The molecule has 4 aromatic carbocycles. The van der Waals surface area contributed by atoms with E-state index in [0.717, 1.165) is 21.6 Å². The van der Waals surface area contributed by atoms with Crippen molar-refractivity contribution in [2.75, 3.05) is 0 Å². The molecule has 0 radical (unpaired) electrons. The summed E-state index contributed by atoms with van der Waals surface area (Å²) in [5.74, 6) is 0. The molecule has 6 rings (SSSR count). The Kier molecular flexibility index (Phi) is 2.61. The summed E-state index contributed by atoms with van der Waals surface area (Å²) in [6.45, 7) is 0. The minimum Gasteiger partial charge on any atom is -0.455 e. The molecule has 0 saturated carbocycles. The van der Waals surface area contributed by atoms with Gasteiger partial charge in [-0.1, -0.05) is 48.0 Å². The van der Waals surface area contributed by atoms with Crippen molar-refractivity contribution >= 4 is 75.8 Å². The highest BCUT2D eigenvalue weighted by Gasteiger charge is 2.16. The molecule has 0 bridgehead atoms. The Balaban J connectivity index is 1.92. The van der Waals surface area contributed by atoms with E-state index in [1.165, 1.54) is 36.3 Å². The molecule has 0 amide bonds. The second-order valence-electron chi connectivity index (χ2n) is 6.32. The van der Waals surface area contributed by atoms with Gasteiger partial charge in [0.25, 0.3) is 0 Å². The van der Waals surface area contributed by atoms with Crippen molar-refractivity contribution in [1.82, 2.24) is 0 Å². The maximum absolute atomic E-state index is 6.29. The van der Waals surface area contributed by atoms with Crippen molar-refractivity contribution in [2.45, 2.75) is 0 Å². The first-order chi connectivity index (χ1) is 12.3. The van der Waals surface area contributed by atoms with Crippen LogP contribution in [-0.2, 0) is 0 Å². The summed E-state index contributed by atoms with van der Waals surface area (Å²) < 4.78 is 8.77. The van der Waals surface area contributed by atoms with Crippen molar-refractivity contribution in [1.29, 1.82) is 0 Å². The molecule has 0 atom stereocenters. The van der Waals surface area contributed by atoms with Gasteiger partial charge in [0.2, 0.25) is 0 Å². The van der Waals surface area contributed by atoms with Crippen molar-refractivity contribution in [3.05, 3.63) is 71.8 Å². The second-order valence-corrected chi connectivity index (χ2v) is 7.84. The Morgan fingerprint density at radius 1 is 0.720 bits per heavy atom. The van der Waals surface area contributed by atoms with Crippen molar-refractivity contribution in [3.8, 4) is 0 Å². The molecule has 0 fully saturated rings. The number of rotatable bonds is 0. The molecule has 1 nitrogen and oxygen atoms in total. The summed E-state index contributed by atoms with van der Waals surface area (Å²) in [6, 6.07) is 23.1. The Hall–Kier alpha value is -2.55. The first-order valence-electron chi connectivity index (χ1n) is 8.14. The highest BCUT2D eigenvalue weighted by Crippen LogP contribution is 2.44. The molecule has 118 valence electrons. The standard InChI is InChI=1S/C22H11ClOS/c23-13-6-8-15-19(11-13)25-18-10-9-17-20(21(15)18)16-7-5-12-3-1-2-4-14(12)22(16)24-17/h1-11H. The predicted molar refractivity (Wildman–Crippen MR) is 109 cm³/mol. The molecule has 2 aromatic heterocycles. The van der Waals surface area contributed by atoms with E-state index >= 15 is 0 Å². The van der Waals surface area contributed by atoms with Gasteiger partial charge in [-0.3, -0.25) is 0 Å². The van der Waals surface area contributed by atoms with E-state index in [4.69, 9.17) is 16.0 Å². The van der Waals surface area contributed by atoms with Crippen molar-refractivity contribution in [2.24, 2.45) is 0 Å². The minimum absolute atomic E-state index is 0.776. The number of furan rings is 1. The van der Waals surface area contributed by atoms with E-state index in [0.29, 0.717) is 0 Å².